The van der Waals surface area contributed by atoms with Gasteiger partial charge in [0.05, 0.1) is 25.9 Å². The molecule has 0 aromatic heterocycles. The second kappa shape index (κ2) is 13.7. The Hall–Kier alpha value is -2.32. The van der Waals surface area contributed by atoms with Crippen LogP contribution in [0.3, 0.4) is 0 Å². The monoisotopic (exact) mass is 531 g/mol. The van der Waals surface area contributed by atoms with E-state index in [2.05, 4.69) is 22.8 Å². The molecule has 8 nitrogen and oxygen atoms in total. The van der Waals surface area contributed by atoms with Crippen molar-refractivity contribution >= 4 is 12.1 Å². The molecule has 0 N–H and O–H groups in total. The first-order chi connectivity index (χ1) is 18.0. The van der Waals surface area contributed by atoms with Crippen LogP contribution < -0.4 is 0 Å². The lowest BCUT2D eigenvalue weighted by atomic mass is 9.86. The molecule has 3 rings (SSSR count). The zero-order valence-corrected chi connectivity index (χ0v) is 24.7. The van der Waals surface area contributed by atoms with E-state index in [0.29, 0.717) is 11.6 Å². The molecule has 2 aliphatic carbocycles. The van der Waals surface area contributed by atoms with E-state index < -0.39 is 5.60 Å². The van der Waals surface area contributed by atoms with Crippen LogP contribution in [-0.2, 0) is 19.0 Å². The standard InChI is InChI=1S/C30H49N3O5/c1-8-33(25-13-11-24(12-14-25)31(6)29(35)38-30(3,4)5)27-21-23(20-26(22(27)2)28(34)36-7)10-9-15-32-16-18-37-19-17-32/h10,20,24-25H,8-9,11-19,21H2,1-7H3/t24-,25-. The quantitative estimate of drug-likeness (QED) is 0.412. The lowest BCUT2D eigenvalue weighted by Gasteiger charge is -2.42. The van der Waals surface area contributed by atoms with E-state index in [4.69, 9.17) is 14.2 Å². The molecular weight excluding hydrogens is 482 g/mol. The van der Waals surface area contributed by atoms with E-state index >= 15 is 0 Å². The van der Waals surface area contributed by atoms with Crippen LogP contribution in [0.5, 0.6) is 0 Å². The van der Waals surface area contributed by atoms with Gasteiger partial charge in [-0.2, -0.15) is 0 Å². The summed E-state index contributed by atoms with van der Waals surface area (Å²) < 4.78 is 16.2. The van der Waals surface area contributed by atoms with Crippen molar-refractivity contribution in [2.24, 2.45) is 0 Å². The van der Waals surface area contributed by atoms with Gasteiger partial charge in [0, 0.05) is 57.4 Å². The van der Waals surface area contributed by atoms with Crippen LogP contribution in [0.15, 0.2) is 34.6 Å². The highest BCUT2D eigenvalue weighted by Gasteiger charge is 2.33. The maximum Gasteiger partial charge on any atom is 0.410 e. The molecule has 0 spiro atoms. The molecule has 0 radical (unpaired) electrons. The molecule has 0 unspecified atom stereocenters. The first-order valence-corrected chi connectivity index (χ1v) is 14.3. The maximum absolute atomic E-state index is 12.7. The number of carbonyl (C=O) groups is 2. The van der Waals surface area contributed by atoms with Crippen LogP contribution >= 0.6 is 0 Å². The number of morpholine rings is 1. The fourth-order valence-electron chi connectivity index (χ4n) is 5.76. The second-order valence-electron chi connectivity index (χ2n) is 11.7. The number of rotatable bonds is 8. The van der Waals surface area contributed by atoms with Crippen molar-refractivity contribution in [3.05, 3.63) is 34.6 Å². The van der Waals surface area contributed by atoms with Crippen molar-refractivity contribution in [3.63, 3.8) is 0 Å². The lowest BCUT2D eigenvalue weighted by Crippen LogP contribution is -2.46. The Kier molecular flexibility index (Phi) is 10.9. The minimum atomic E-state index is -0.495. The third kappa shape index (κ3) is 8.09. The summed E-state index contributed by atoms with van der Waals surface area (Å²) in [4.78, 5) is 32.0. The van der Waals surface area contributed by atoms with E-state index in [1.165, 1.54) is 18.4 Å². The normalized spacial score (nSPS) is 24.2. The summed E-state index contributed by atoms with van der Waals surface area (Å²) in [7, 11) is 3.30. The molecule has 3 aliphatic rings. The fraction of sp³-hybridized carbons (Fsp3) is 0.733. The van der Waals surface area contributed by atoms with Gasteiger partial charge in [-0.15, -0.1) is 0 Å². The van der Waals surface area contributed by atoms with Crippen molar-refractivity contribution in [1.29, 1.82) is 0 Å². The Labute approximate surface area is 229 Å². The van der Waals surface area contributed by atoms with Gasteiger partial charge in [0.2, 0.25) is 0 Å². The number of allylic oxidation sites excluding steroid dienone is 2. The highest BCUT2D eigenvalue weighted by molar-refractivity contribution is 5.94. The maximum atomic E-state index is 12.7. The highest BCUT2D eigenvalue weighted by Crippen LogP contribution is 2.36. The molecule has 0 aromatic rings. The topological polar surface area (TPSA) is 71.6 Å². The average Bonchev–Trinajstić information content (AvgIpc) is 2.89. The fourth-order valence-corrected chi connectivity index (χ4v) is 5.76. The molecule has 1 saturated carbocycles. The van der Waals surface area contributed by atoms with E-state index in [1.807, 2.05) is 40.8 Å². The molecule has 1 saturated heterocycles. The number of nitrogens with zero attached hydrogens (tertiary/aromatic N) is 3. The Balaban J connectivity index is 1.70. The second-order valence-corrected chi connectivity index (χ2v) is 11.7. The number of hydrogen-bond acceptors (Lipinski definition) is 7. The Morgan fingerprint density at radius 2 is 1.76 bits per heavy atom. The summed E-state index contributed by atoms with van der Waals surface area (Å²) in [5, 5.41) is 0. The molecule has 0 atom stereocenters. The minimum Gasteiger partial charge on any atom is -0.465 e. The Morgan fingerprint density at radius 3 is 2.34 bits per heavy atom. The molecule has 214 valence electrons. The van der Waals surface area contributed by atoms with Crippen molar-refractivity contribution < 1.29 is 23.8 Å². The molecule has 8 heteroatoms. The van der Waals surface area contributed by atoms with E-state index in [1.54, 1.807) is 4.90 Å². The predicted octanol–water partition coefficient (Wildman–Crippen LogP) is 4.91. The van der Waals surface area contributed by atoms with Gasteiger partial charge in [0.25, 0.3) is 0 Å². The smallest absolute Gasteiger partial charge is 0.410 e. The molecular formula is C30H49N3O5. The van der Waals surface area contributed by atoms with Crippen molar-refractivity contribution in [1.82, 2.24) is 14.7 Å². The number of carbonyl (C=O) groups excluding carboxylic acids is 2. The van der Waals surface area contributed by atoms with Crippen LogP contribution in [0.4, 0.5) is 4.79 Å². The van der Waals surface area contributed by atoms with Gasteiger partial charge < -0.3 is 24.0 Å². The summed E-state index contributed by atoms with van der Waals surface area (Å²) in [6.07, 6.45) is 9.68. The summed E-state index contributed by atoms with van der Waals surface area (Å²) >= 11 is 0. The molecule has 38 heavy (non-hydrogen) atoms. The van der Waals surface area contributed by atoms with Gasteiger partial charge in [-0.05, 0) is 83.9 Å². The number of hydrogen-bond donors (Lipinski definition) is 0. The van der Waals surface area contributed by atoms with Crippen molar-refractivity contribution in [2.45, 2.75) is 90.8 Å². The number of ether oxygens (including phenoxy) is 3. The SMILES string of the molecule is CCN(C1=C(C)C(C(=O)OC)=CC(=CCCN2CCOCC2)C1)[C@H]1CC[C@H](N(C)C(=O)OC(C)(C)C)CC1. The average molecular weight is 532 g/mol. The van der Waals surface area contributed by atoms with Crippen LogP contribution in [0.25, 0.3) is 0 Å². The van der Waals surface area contributed by atoms with Crippen LogP contribution in [-0.4, -0.2) is 98.0 Å². The van der Waals surface area contributed by atoms with E-state index in [-0.39, 0.29) is 18.1 Å². The molecule has 0 bridgehead atoms. The number of methoxy groups -OCH3 is 1. The third-order valence-electron chi connectivity index (χ3n) is 7.92. The molecule has 1 heterocycles. The first kappa shape index (κ1) is 30.2. The summed E-state index contributed by atoms with van der Waals surface area (Å²) in [6.45, 7) is 15.4. The summed E-state index contributed by atoms with van der Waals surface area (Å²) in [5.74, 6) is -0.280. The lowest BCUT2D eigenvalue weighted by molar-refractivity contribution is -0.135. The van der Waals surface area contributed by atoms with Crippen LogP contribution in [0.2, 0.25) is 0 Å². The third-order valence-corrected chi connectivity index (χ3v) is 7.92. The van der Waals surface area contributed by atoms with Gasteiger partial charge in [-0.25, -0.2) is 9.59 Å². The Bertz CT molecular complexity index is 919. The molecule has 2 fully saturated rings. The van der Waals surface area contributed by atoms with E-state index in [0.717, 1.165) is 83.5 Å². The van der Waals surface area contributed by atoms with Gasteiger partial charge in [-0.1, -0.05) is 6.08 Å². The van der Waals surface area contributed by atoms with Crippen LogP contribution in [0, 0.1) is 0 Å². The summed E-state index contributed by atoms with van der Waals surface area (Å²) in [5.41, 5.74) is 3.57. The number of amides is 1. The van der Waals surface area contributed by atoms with Gasteiger partial charge in [0.15, 0.2) is 0 Å². The summed E-state index contributed by atoms with van der Waals surface area (Å²) in [6, 6.07) is 0.558. The highest BCUT2D eigenvalue weighted by atomic mass is 16.6. The van der Waals surface area contributed by atoms with Gasteiger partial charge in [0.1, 0.15) is 5.60 Å². The molecule has 1 amide bonds. The minimum absolute atomic E-state index is 0.183. The van der Waals surface area contributed by atoms with Gasteiger partial charge >= 0.3 is 12.1 Å². The predicted molar refractivity (Wildman–Crippen MR) is 150 cm³/mol. The van der Waals surface area contributed by atoms with Crippen molar-refractivity contribution in [2.75, 3.05) is 53.6 Å². The van der Waals surface area contributed by atoms with Gasteiger partial charge in [-0.3, -0.25) is 4.90 Å². The Morgan fingerprint density at radius 1 is 1.13 bits per heavy atom. The zero-order valence-electron chi connectivity index (χ0n) is 24.7. The van der Waals surface area contributed by atoms with E-state index in [9.17, 15) is 9.59 Å². The van der Waals surface area contributed by atoms with Crippen LogP contribution in [0.1, 0.15) is 73.1 Å². The zero-order chi connectivity index (χ0) is 27.9. The number of esters is 1. The first-order valence-electron chi connectivity index (χ1n) is 14.3. The molecule has 0 aromatic carbocycles. The van der Waals surface area contributed by atoms with Crippen molar-refractivity contribution in [3.8, 4) is 0 Å². The molecule has 1 aliphatic heterocycles. The largest absolute Gasteiger partial charge is 0.465 e.